The van der Waals surface area contributed by atoms with Crippen molar-refractivity contribution in [2.24, 2.45) is 0 Å². The number of nitrogens with zero attached hydrogens (tertiary/aromatic N) is 4. The number of ether oxygens (including phenoxy) is 1. The van der Waals surface area contributed by atoms with Gasteiger partial charge < -0.3 is 9.64 Å². The second-order valence-electron chi connectivity index (χ2n) is 8.62. The second-order valence-corrected chi connectivity index (χ2v) is 9.53. The monoisotopic (exact) mass is 561 g/mol. The minimum atomic E-state index is -1.71. The Bertz CT molecular complexity index is 1360. The van der Waals surface area contributed by atoms with Crippen molar-refractivity contribution in [2.75, 3.05) is 31.1 Å². The number of hydrogen-bond acceptors (Lipinski definition) is 7. The first kappa shape index (κ1) is 24.4. The van der Waals surface area contributed by atoms with Crippen LogP contribution in [0.3, 0.4) is 0 Å². The third kappa shape index (κ3) is 4.64. The van der Waals surface area contributed by atoms with Gasteiger partial charge in [0.2, 0.25) is 10.9 Å². The summed E-state index contributed by atoms with van der Waals surface area (Å²) in [5.74, 6) is -0.201. The largest absolute Gasteiger partial charge is 0.457 e. The molecule has 0 aromatic heterocycles. The Morgan fingerprint density at radius 2 is 1.32 bits per heavy atom. The van der Waals surface area contributed by atoms with Gasteiger partial charge in [-0.15, -0.1) is 0 Å². The summed E-state index contributed by atoms with van der Waals surface area (Å²) in [6, 6.07) is 20.4. The van der Waals surface area contributed by atoms with Crippen LogP contribution in [-0.4, -0.2) is 48.9 Å². The molecular formula is C26H22BrN6O4+. The van der Waals surface area contributed by atoms with E-state index in [0.717, 1.165) is 10.2 Å². The van der Waals surface area contributed by atoms with Gasteiger partial charge in [0.1, 0.15) is 11.5 Å². The van der Waals surface area contributed by atoms with E-state index in [0.29, 0.717) is 48.9 Å². The fraction of sp³-hybridized carbons (Fsp3) is 0.192. The van der Waals surface area contributed by atoms with Crippen molar-refractivity contribution < 1.29 is 19.1 Å². The fourth-order valence-corrected chi connectivity index (χ4v) is 4.95. The molecule has 2 fully saturated rings. The van der Waals surface area contributed by atoms with E-state index in [1.54, 1.807) is 41.3 Å². The summed E-state index contributed by atoms with van der Waals surface area (Å²) >= 11 is 3.39. The summed E-state index contributed by atoms with van der Waals surface area (Å²) < 4.78 is 6.82. The van der Waals surface area contributed by atoms with Gasteiger partial charge in [-0.25, -0.2) is 4.79 Å². The number of carbonyl (C=O) groups is 3. The topological polar surface area (TPSA) is 119 Å². The number of carbonyl (C=O) groups excluding carboxylic acids is 3. The van der Waals surface area contributed by atoms with Crippen molar-refractivity contribution in [3.63, 3.8) is 0 Å². The number of anilines is 1. The van der Waals surface area contributed by atoms with Crippen LogP contribution < -0.4 is 20.3 Å². The highest BCUT2D eigenvalue weighted by Gasteiger charge is 2.56. The third-order valence-corrected chi connectivity index (χ3v) is 7.05. The Morgan fingerprint density at radius 1 is 0.784 bits per heavy atom. The molecule has 2 N–H and O–H groups in total. The third-order valence-electron chi connectivity index (χ3n) is 6.52. The molecule has 0 aliphatic carbocycles. The molecule has 11 heteroatoms. The number of rotatable bonds is 5. The van der Waals surface area contributed by atoms with Crippen LogP contribution in [0.2, 0.25) is 0 Å². The van der Waals surface area contributed by atoms with Crippen LogP contribution >= 0.6 is 15.9 Å². The van der Waals surface area contributed by atoms with Crippen LogP contribution in [0, 0.1) is 5.39 Å². The molecule has 4 amide bonds. The van der Waals surface area contributed by atoms with Gasteiger partial charge in [0.15, 0.2) is 4.98 Å². The lowest BCUT2D eigenvalue weighted by molar-refractivity contribution is -0.149. The first-order valence-corrected chi connectivity index (χ1v) is 12.4. The molecule has 5 rings (SSSR count). The highest BCUT2D eigenvalue weighted by atomic mass is 79.9. The van der Waals surface area contributed by atoms with Crippen LogP contribution in [0.4, 0.5) is 16.2 Å². The Labute approximate surface area is 220 Å². The van der Waals surface area contributed by atoms with Crippen LogP contribution in [-0.2, 0) is 15.1 Å². The zero-order valence-electron chi connectivity index (χ0n) is 19.6. The lowest BCUT2D eigenvalue weighted by Crippen LogP contribution is -2.73. The van der Waals surface area contributed by atoms with Gasteiger partial charge in [0, 0.05) is 48.5 Å². The van der Waals surface area contributed by atoms with E-state index in [4.69, 9.17) is 10.1 Å². The summed E-state index contributed by atoms with van der Waals surface area (Å²) in [6.45, 7) is 1.85. The van der Waals surface area contributed by atoms with Gasteiger partial charge in [0.25, 0.3) is 11.8 Å². The zero-order valence-corrected chi connectivity index (χ0v) is 21.1. The van der Waals surface area contributed by atoms with Crippen LogP contribution in [0.15, 0.2) is 77.3 Å². The first-order chi connectivity index (χ1) is 17.9. The van der Waals surface area contributed by atoms with Crippen LogP contribution in [0.1, 0.15) is 5.56 Å². The predicted octanol–water partition coefficient (Wildman–Crippen LogP) is 4.11. The Balaban J connectivity index is 1.41. The van der Waals surface area contributed by atoms with Gasteiger partial charge in [-0.2, -0.15) is 0 Å². The number of urea groups is 1. The maximum absolute atomic E-state index is 13.3. The number of imide groups is 2. The van der Waals surface area contributed by atoms with Gasteiger partial charge in [0.05, 0.1) is 0 Å². The van der Waals surface area contributed by atoms with Crippen molar-refractivity contribution in [1.82, 2.24) is 15.5 Å². The molecule has 0 radical (unpaired) electrons. The van der Waals surface area contributed by atoms with Gasteiger partial charge in [-0.3, -0.25) is 25.1 Å². The van der Waals surface area contributed by atoms with E-state index >= 15 is 0 Å². The number of barbiturate groups is 1. The molecule has 2 saturated heterocycles. The van der Waals surface area contributed by atoms with E-state index in [2.05, 4.69) is 36.4 Å². The van der Waals surface area contributed by atoms with Crippen molar-refractivity contribution in [1.29, 1.82) is 5.39 Å². The number of benzene rings is 3. The molecule has 186 valence electrons. The summed E-state index contributed by atoms with van der Waals surface area (Å²) in [4.78, 5) is 45.7. The molecule has 10 nitrogen and oxygen atoms in total. The molecule has 0 saturated carbocycles. The molecule has 2 aliphatic rings. The number of piperazine rings is 1. The number of diazo groups is 1. The van der Waals surface area contributed by atoms with Gasteiger partial charge >= 0.3 is 11.7 Å². The molecule has 0 unspecified atom stereocenters. The molecular weight excluding hydrogens is 540 g/mol. The Morgan fingerprint density at radius 3 is 1.86 bits per heavy atom. The standard InChI is InChI=1S/C26H21BrN6O4/c27-18-3-11-22(12-4-18)37-21-9-1-17(2-10-21)26(23(34)29-25(36)30-24(26)35)33-15-13-32(14-16-33)20-7-5-19(31-28)6-8-20/h1-12H,13-16H2,(H-,29,30,34,35,36)/p+1. The van der Waals surface area contributed by atoms with Crippen LogP contribution in [0.25, 0.3) is 4.98 Å². The van der Waals surface area contributed by atoms with E-state index < -0.39 is 23.4 Å². The summed E-state index contributed by atoms with van der Waals surface area (Å²) in [6.07, 6.45) is 0. The van der Waals surface area contributed by atoms with Gasteiger partial charge in [-0.05, 0) is 54.1 Å². The predicted molar refractivity (Wildman–Crippen MR) is 139 cm³/mol. The summed E-state index contributed by atoms with van der Waals surface area (Å²) in [5.41, 5.74) is 0.105. The molecule has 0 atom stereocenters. The lowest BCUT2D eigenvalue weighted by Gasteiger charge is -2.47. The maximum atomic E-state index is 13.3. The molecule has 3 aromatic carbocycles. The first-order valence-electron chi connectivity index (χ1n) is 11.6. The molecule has 37 heavy (non-hydrogen) atoms. The average Bonchev–Trinajstić information content (AvgIpc) is 2.91. The molecule has 0 spiro atoms. The summed E-state index contributed by atoms with van der Waals surface area (Å²) in [7, 11) is 0. The number of amides is 4. The Hall–Kier alpha value is -4.27. The molecule has 2 heterocycles. The zero-order chi connectivity index (χ0) is 26.0. The molecule has 3 aromatic rings. The second kappa shape index (κ2) is 10.0. The van der Waals surface area contributed by atoms with Crippen molar-refractivity contribution in [3.05, 3.63) is 87.8 Å². The lowest BCUT2D eigenvalue weighted by atomic mass is 9.84. The van der Waals surface area contributed by atoms with Crippen molar-refractivity contribution in [2.45, 2.75) is 5.54 Å². The molecule has 0 bridgehead atoms. The Kier molecular flexibility index (Phi) is 6.60. The quantitative estimate of drug-likeness (QED) is 0.355. The van der Waals surface area contributed by atoms with Crippen LogP contribution in [0.5, 0.6) is 11.5 Å². The van der Waals surface area contributed by atoms with E-state index in [1.165, 1.54) is 0 Å². The smallest absolute Gasteiger partial charge is 0.385 e. The maximum Gasteiger partial charge on any atom is 0.385 e. The van der Waals surface area contributed by atoms with Gasteiger partial charge in [-0.1, -0.05) is 28.1 Å². The van der Waals surface area contributed by atoms with E-state index in [-0.39, 0.29) is 0 Å². The number of hydrogen-bond donors (Lipinski definition) is 2. The highest BCUT2D eigenvalue weighted by molar-refractivity contribution is 9.10. The number of halogens is 1. The SMILES string of the molecule is N#[N+]c1ccc(N2CCN(C3(c4ccc(Oc5ccc(Br)cc5)cc4)C(=O)NC(=O)NC3=O)CC2)cc1. The van der Waals surface area contributed by atoms with E-state index in [9.17, 15) is 14.4 Å². The van der Waals surface area contributed by atoms with Crippen molar-refractivity contribution in [3.8, 4) is 11.5 Å². The highest BCUT2D eigenvalue weighted by Crippen LogP contribution is 2.35. The number of nitrogens with one attached hydrogen (secondary N) is 2. The molecule has 2 aliphatic heterocycles. The minimum absolute atomic E-state index is 0.387. The van der Waals surface area contributed by atoms with Crippen molar-refractivity contribution >= 4 is 45.2 Å². The normalized spacial score (nSPS) is 17.5. The fourth-order valence-electron chi connectivity index (χ4n) is 4.69. The minimum Gasteiger partial charge on any atom is -0.457 e. The summed E-state index contributed by atoms with van der Waals surface area (Å²) in [5, 5.41) is 13.5. The van der Waals surface area contributed by atoms with E-state index in [1.807, 2.05) is 36.4 Å². The average molecular weight is 562 g/mol.